The van der Waals surface area contributed by atoms with E-state index in [9.17, 15) is 14.0 Å². The van der Waals surface area contributed by atoms with Gasteiger partial charge >= 0.3 is 0 Å². The summed E-state index contributed by atoms with van der Waals surface area (Å²) in [6, 6.07) is 6.72. The Morgan fingerprint density at radius 2 is 1.83 bits per heavy atom. The van der Waals surface area contributed by atoms with Gasteiger partial charge in [0.15, 0.2) is 5.54 Å². The van der Waals surface area contributed by atoms with Gasteiger partial charge in [-0.1, -0.05) is 29.3 Å². The van der Waals surface area contributed by atoms with Crippen molar-refractivity contribution >= 4 is 29.1 Å². The predicted octanol–water partition coefficient (Wildman–Crippen LogP) is 2.86. The van der Waals surface area contributed by atoms with Crippen LogP contribution in [0.1, 0.15) is 30.9 Å². The number of hydrogen-bond acceptors (Lipinski definition) is 5. The van der Waals surface area contributed by atoms with E-state index in [0.717, 1.165) is 10.5 Å². The monoisotopic (exact) mass is 434 g/mol. The quantitative estimate of drug-likeness (QED) is 0.707. The number of benzene rings is 1. The van der Waals surface area contributed by atoms with Crippen LogP contribution in [0.3, 0.4) is 0 Å². The zero-order valence-electron chi connectivity index (χ0n) is 16.8. The molecule has 9 heteroatoms. The van der Waals surface area contributed by atoms with Gasteiger partial charge in [-0.3, -0.25) is 14.5 Å². The summed E-state index contributed by atoms with van der Waals surface area (Å²) in [6.07, 6.45) is 5.48. The second kappa shape index (κ2) is 9.49. The number of halogens is 2. The fraction of sp³-hybridized carbons (Fsp3) is 0.429. The van der Waals surface area contributed by atoms with Crippen LogP contribution in [-0.4, -0.2) is 46.7 Å². The van der Waals surface area contributed by atoms with E-state index in [2.05, 4.69) is 15.3 Å². The minimum absolute atomic E-state index is 0.123. The van der Waals surface area contributed by atoms with Gasteiger partial charge in [0, 0.05) is 42.9 Å². The molecule has 7 nitrogen and oxygen atoms in total. The van der Waals surface area contributed by atoms with E-state index in [1.165, 1.54) is 25.6 Å². The molecular weight excluding hydrogens is 411 g/mol. The lowest BCUT2D eigenvalue weighted by molar-refractivity contribution is -0.132. The lowest BCUT2D eigenvalue weighted by Gasteiger charge is -2.41. The minimum atomic E-state index is -2.33. The van der Waals surface area contributed by atoms with Crippen LogP contribution < -0.4 is 10.2 Å². The number of aromatic nitrogens is 2. The minimum Gasteiger partial charge on any atom is -0.381 e. The molecule has 30 heavy (non-hydrogen) atoms. The Kier molecular flexibility index (Phi) is 6.99. The highest BCUT2D eigenvalue weighted by Gasteiger charge is 2.47. The van der Waals surface area contributed by atoms with Crippen molar-refractivity contribution in [2.24, 2.45) is 0 Å². The molecule has 0 saturated carbocycles. The number of nitrogens with one attached hydrogen (secondary N) is 1. The number of carbonyl (C=O) groups excluding carboxylic acids is 2. The van der Waals surface area contributed by atoms with Crippen LogP contribution in [0.25, 0.3) is 0 Å². The summed E-state index contributed by atoms with van der Waals surface area (Å²) in [5.74, 6) is -1.52. The van der Waals surface area contributed by atoms with Gasteiger partial charge in [0.1, 0.15) is 6.33 Å². The van der Waals surface area contributed by atoms with E-state index < -0.39 is 23.0 Å². The molecule has 2 heterocycles. The molecule has 0 unspecified atom stereocenters. The third kappa shape index (κ3) is 4.60. The lowest BCUT2D eigenvalue weighted by Crippen LogP contribution is -2.60. The molecule has 2 atom stereocenters. The van der Waals surface area contributed by atoms with Crippen LogP contribution in [0, 0.1) is 6.92 Å². The predicted molar refractivity (Wildman–Crippen MR) is 111 cm³/mol. The van der Waals surface area contributed by atoms with Crippen molar-refractivity contribution in [3.05, 3.63) is 54.1 Å². The highest BCUT2D eigenvalue weighted by atomic mass is 35.5. The molecular formula is C21H24ClFN4O3. The van der Waals surface area contributed by atoms with E-state index >= 15 is 0 Å². The fourth-order valence-corrected chi connectivity index (χ4v) is 3.57. The van der Waals surface area contributed by atoms with E-state index in [0.29, 0.717) is 37.3 Å². The molecule has 1 aromatic carbocycles. The average Bonchev–Trinajstić information content (AvgIpc) is 2.76. The first kappa shape index (κ1) is 22.1. The summed E-state index contributed by atoms with van der Waals surface area (Å²) in [5, 5.41) is 2.98. The van der Waals surface area contributed by atoms with Gasteiger partial charge in [-0.25, -0.2) is 14.4 Å². The van der Waals surface area contributed by atoms with Gasteiger partial charge in [0.25, 0.3) is 17.4 Å². The molecule has 160 valence electrons. The number of ether oxygens (including phenoxy) is 1. The zero-order chi connectivity index (χ0) is 21.7. The van der Waals surface area contributed by atoms with Gasteiger partial charge in [-0.05, 0) is 38.8 Å². The van der Waals surface area contributed by atoms with Crippen molar-refractivity contribution in [3.8, 4) is 0 Å². The zero-order valence-corrected chi connectivity index (χ0v) is 17.6. The Hall–Kier alpha value is -2.58. The number of anilines is 1. The van der Waals surface area contributed by atoms with E-state index in [1.54, 1.807) is 24.3 Å². The Morgan fingerprint density at radius 3 is 2.40 bits per heavy atom. The first-order chi connectivity index (χ1) is 14.3. The SMILES string of the molecule is Cc1ccc(N(C(=O)[C@H](F)Cl)[C@@](C)(C(=O)NC2CCOCC2)c2cncnc2)cc1. The largest absolute Gasteiger partial charge is 0.381 e. The number of aryl methyl sites for hydroxylation is 1. The first-order valence-corrected chi connectivity index (χ1v) is 10.1. The van der Waals surface area contributed by atoms with Gasteiger partial charge in [-0.2, -0.15) is 0 Å². The maximum atomic E-state index is 14.1. The Labute approximate surface area is 179 Å². The van der Waals surface area contributed by atoms with Crippen molar-refractivity contribution in [1.82, 2.24) is 15.3 Å². The molecule has 0 aliphatic carbocycles. The first-order valence-electron chi connectivity index (χ1n) is 9.67. The normalized spacial score (nSPS) is 17.6. The maximum absolute atomic E-state index is 14.1. The van der Waals surface area contributed by atoms with Crippen LogP contribution in [-0.2, 0) is 19.9 Å². The molecule has 0 radical (unpaired) electrons. The summed E-state index contributed by atoms with van der Waals surface area (Å²) in [5.41, 5.74) is -2.34. The summed E-state index contributed by atoms with van der Waals surface area (Å²) in [4.78, 5) is 35.6. The third-order valence-corrected chi connectivity index (χ3v) is 5.45. The number of alkyl halides is 2. The number of rotatable bonds is 6. The van der Waals surface area contributed by atoms with Crippen molar-refractivity contribution < 1.29 is 18.7 Å². The Bertz CT molecular complexity index is 876. The second-order valence-electron chi connectivity index (χ2n) is 7.37. The molecule has 1 fully saturated rings. The lowest BCUT2D eigenvalue weighted by atomic mass is 9.89. The standard InChI is InChI=1S/C21H24ClFN4O3/c1-14-3-5-17(6-4-14)27(19(28)18(22)23)21(2,15-11-24-13-25-12-15)20(29)26-16-7-9-30-10-8-16/h3-6,11-13,16,18H,7-10H2,1-2H3,(H,26,29)/t18-,21+/m0/s1. The van der Waals surface area contributed by atoms with E-state index in [-0.39, 0.29) is 6.04 Å². The second-order valence-corrected chi connectivity index (χ2v) is 7.75. The van der Waals surface area contributed by atoms with E-state index in [1.807, 2.05) is 6.92 Å². The van der Waals surface area contributed by atoms with Crippen LogP contribution in [0.5, 0.6) is 0 Å². The number of nitrogens with zero attached hydrogens (tertiary/aromatic N) is 3. The molecule has 3 rings (SSSR count). The summed E-state index contributed by atoms with van der Waals surface area (Å²) >= 11 is 5.56. The topological polar surface area (TPSA) is 84.4 Å². The Balaban J connectivity index is 2.10. The fourth-order valence-electron chi connectivity index (χ4n) is 3.48. The highest BCUT2D eigenvalue weighted by molar-refractivity contribution is 6.32. The van der Waals surface area contributed by atoms with Crippen LogP contribution in [0.4, 0.5) is 10.1 Å². The molecule has 1 aliphatic heterocycles. The van der Waals surface area contributed by atoms with Gasteiger partial charge < -0.3 is 10.1 Å². The van der Waals surface area contributed by atoms with Gasteiger partial charge in [0.05, 0.1) is 0 Å². The molecule has 1 N–H and O–H groups in total. The summed E-state index contributed by atoms with van der Waals surface area (Å²) < 4.78 is 19.4. The van der Waals surface area contributed by atoms with Crippen LogP contribution in [0.2, 0.25) is 0 Å². The van der Waals surface area contributed by atoms with Gasteiger partial charge in [0.2, 0.25) is 0 Å². The summed E-state index contributed by atoms with van der Waals surface area (Å²) in [7, 11) is 0. The van der Waals surface area contributed by atoms with Gasteiger partial charge in [-0.15, -0.1) is 0 Å². The third-order valence-electron chi connectivity index (χ3n) is 5.27. The van der Waals surface area contributed by atoms with E-state index in [4.69, 9.17) is 16.3 Å². The van der Waals surface area contributed by atoms with Crippen LogP contribution >= 0.6 is 11.6 Å². The number of amides is 2. The van der Waals surface area contributed by atoms with Crippen molar-refractivity contribution in [2.75, 3.05) is 18.1 Å². The molecule has 1 aliphatic rings. The molecule has 2 aromatic rings. The van der Waals surface area contributed by atoms with Crippen LogP contribution in [0.15, 0.2) is 43.0 Å². The molecule has 2 amide bonds. The van der Waals surface area contributed by atoms with Crippen molar-refractivity contribution in [1.29, 1.82) is 0 Å². The van der Waals surface area contributed by atoms with Crippen molar-refractivity contribution in [3.63, 3.8) is 0 Å². The Morgan fingerprint density at radius 1 is 1.23 bits per heavy atom. The average molecular weight is 435 g/mol. The molecule has 1 aromatic heterocycles. The summed E-state index contributed by atoms with van der Waals surface area (Å²) in [6.45, 7) is 4.49. The smallest absolute Gasteiger partial charge is 0.278 e. The van der Waals surface area contributed by atoms with Crippen molar-refractivity contribution in [2.45, 2.75) is 43.9 Å². The maximum Gasteiger partial charge on any atom is 0.278 e. The molecule has 0 bridgehead atoms. The molecule has 0 spiro atoms. The highest BCUT2D eigenvalue weighted by Crippen LogP contribution is 2.35. The number of hydrogen-bond donors (Lipinski definition) is 1. The number of carbonyl (C=O) groups is 2. The molecule has 1 saturated heterocycles.